The highest BCUT2D eigenvalue weighted by Gasteiger charge is 2.14. The predicted molar refractivity (Wildman–Crippen MR) is 87.2 cm³/mol. The van der Waals surface area contributed by atoms with Crippen LogP contribution in [0.2, 0.25) is 0 Å². The fourth-order valence-corrected chi connectivity index (χ4v) is 3.10. The molecule has 1 unspecified atom stereocenters. The zero-order chi connectivity index (χ0) is 14.5. The second-order valence-electron chi connectivity index (χ2n) is 6.17. The Kier molecular flexibility index (Phi) is 4.71. The quantitative estimate of drug-likeness (QED) is 0.897. The van der Waals surface area contributed by atoms with E-state index in [4.69, 9.17) is 0 Å². The lowest BCUT2D eigenvalue weighted by Crippen LogP contribution is -2.35. The third-order valence-corrected chi connectivity index (χ3v) is 4.47. The van der Waals surface area contributed by atoms with Crippen molar-refractivity contribution in [3.8, 4) is 11.1 Å². The highest BCUT2D eigenvalue weighted by Crippen LogP contribution is 2.20. The summed E-state index contributed by atoms with van der Waals surface area (Å²) in [5.74, 6) is 0. The summed E-state index contributed by atoms with van der Waals surface area (Å²) in [6.45, 7) is 3.23. The second-order valence-corrected chi connectivity index (χ2v) is 6.17. The molecule has 1 fully saturated rings. The predicted octanol–water partition coefficient (Wildman–Crippen LogP) is 4.03. The van der Waals surface area contributed by atoms with Crippen molar-refractivity contribution >= 4 is 0 Å². The fraction of sp³-hybridized carbons (Fsp3) is 0.500. The molecule has 21 heavy (non-hydrogen) atoms. The summed E-state index contributed by atoms with van der Waals surface area (Å²) in [6.07, 6.45) is 11.0. The van der Waals surface area contributed by atoms with Crippen molar-refractivity contribution in [2.45, 2.75) is 51.1 Å². The number of rotatable bonds is 5. The van der Waals surface area contributed by atoms with Gasteiger partial charge in [-0.2, -0.15) is 5.10 Å². The lowest BCUT2D eigenvalue weighted by Gasteiger charge is -2.24. The van der Waals surface area contributed by atoms with Gasteiger partial charge in [-0.3, -0.25) is 4.68 Å². The maximum atomic E-state index is 4.53. The first-order valence-corrected chi connectivity index (χ1v) is 8.16. The SMILES string of the molecule is CC(CNC1CCCCC1)n1cc(-c2ccccc2)cn1. The summed E-state index contributed by atoms with van der Waals surface area (Å²) >= 11 is 0. The third-order valence-electron chi connectivity index (χ3n) is 4.47. The van der Waals surface area contributed by atoms with Gasteiger partial charge in [-0.1, -0.05) is 49.6 Å². The topological polar surface area (TPSA) is 29.9 Å². The van der Waals surface area contributed by atoms with Gasteiger partial charge in [0, 0.05) is 24.3 Å². The van der Waals surface area contributed by atoms with Gasteiger partial charge in [0.25, 0.3) is 0 Å². The number of nitrogens with zero attached hydrogens (tertiary/aromatic N) is 2. The Balaban J connectivity index is 1.57. The van der Waals surface area contributed by atoms with Gasteiger partial charge >= 0.3 is 0 Å². The summed E-state index contributed by atoms with van der Waals surface area (Å²) < 4.78 is 2.08. The maximum Gasteiger partial charge on any atom is 0.0615 e. The van der Waals surface area contributed by atoms with Crippen molar-refractivity contribution in [2.75, 3.05) is 6.54 Å². The van der Waals surface area contributed by atoms with Gasteiger partial charge in [-0.05, 0) is 25.3 Å². The smallest absolute Gasteiger partial charge is 0.0615 e. The molecule has 3 nitrogen and oxygen atoms in total. The van der Waals surface area contributed by atoms with Crippen LogP contribution in [-0.2, 0) is 0 Å². The van der Waals surface area contributed by atoms with E-state index < -0.39 is 0 Å². The van der Waals surface area contributed by atoms with Crippen LogP contribution in [0, 0.1) is 0 Å². The van der Waals surface area contributed by atoms with Gasteiger partial charge in [0.1, 0.15) is 0 Å². The van der Waals surface area contributed by atoms with Crippen molar-refractivity contribution in [3.63, 3.8) is 0 Å². The minimum absolute atomic E-state index is 0.393. The Hall–Kier alpha value is -1.61. The molecule has 0 saturated heterocycles. The normalized spacial score (nSPS) is 17.8. The molecule has 0 spiro atoms. The first kappa shape index (κ1) is 14.3. The van der Waals surface area contributed by atoms with Crippen molar-refractivity contribution in [1.29, 1.82) is 0 Å². The first-order valence-electron chi connectivity index (χ1n) is 8.16. The van der Waals surface area contributed by atoms with Crippen molar-refractivity contribution in [2.24, 2.45) is 0 Å². The maximum absolute atomic E-state index is 4.53. The molecule has 1 aliphatic carbocycles. The van der Waals surface area contributed by atoms with Crippen LogP contribution in [0.5, 0.6) is 0 Å². The number of hydrogen-bond acceptors (Lipinski definition) is 2. The second kappa shape index (κ2) is 6.90. The van der Waals surface area contributed by atoms with Gasteiger partial charge < -0.3 is 5.32 Å². The van der Waals surface area contributed by atoms with Crippen LogP contribution in [0.15, 0.2) is 42.7 Å². The summed E-state index contributed by atoms with van der Waals surface area (Å²) in [6, 6.07) is 11.6. The number of hydrogen-bond donors (Lipinski definition) is 1. The third kappa shape index (κ3) is 3.73. The average molecular weight is 283 g/mol. The van der Waals surface area contributed by atoms with Crippen LogP contribution in [0.4, 0.5) is 0 Å². The molecule has 3 heteroatoms. The standard InChI is InChI=1S/C18H25N3/c1-15(12-19-18-10-6-3-7-11-18)21-14-17(13-20-21)16-8-4-2-5-9-16/h2,4-5,8-9,13-15,18-19H,3,6-7,10-12H2,1H3. The summed E-state index contributed by atoms with van der Waals surface area (Å²) in [7, 11) is 0. The highest BCUT2D eigenvalue weighted by molar-refractivity contribution is 5.61. The van der Waals surface area contributed by atoms with Crippen molar-refractivity contribution in [1.82, 2.24) is 15.1 Å². The van der Waals surface area contributed by atoms with Crippen molar-refractivity contribution < 1.29 is 0 Å². The molecule has 0 radical (unpaired) electrons. The van der Waals surface area contributed by atoms with Crippen molar-refractivity contribution in [3.05, 3.63) is 42.7 Å². The molecule has 1 heterocycles. The van der Waals surface area contributed by atoms with Crippen LogP contribution in [0.3, 0.4) is 0 Å². The lowest BCUT2D eigenvalue weighted by atomic mass is 9.95. The Labute approximate surface area is 127 Å². The van der Waals surface area contributed by atoms with Crippen LogP contribution in [0.1, 0.15) is 45.1 Å². The largest absolute Gasteiger partial charge is 0.312 e. The van der Waals surface area contributed by atoms with E-state index in [0.29, 0.717) is 12.1 Å². The molecular weight excluding hydrogens is 258 g/mol. The van der Waals surface area contributed by atoms with Crippen LogP contribution in [-0.4, -0.2) is 22.4 Å². The zero-order valence-electron chi connectivity index (χ0n) is 12.8. The van der Waals surface area contributed by atoms with E-state index in [-0.39, 0.29) is 0 Å². The molecule has 0 aliphatic heterocycles. The van der Waals surface area contributed by atoms with Gasteiger partial charge in [-0.15, -0.1) is 0 Å². The van der Waals surface area contributed by atoms with Crippen LogP contribution >= 0.6 is 0 Å². The monoisotopic (exact) mass is 283 g/mol. The molecule has 3 rings (SSSR count). The zero-order valence-corrected chi connectivity index (χ0v) is 12.8. The molecule has 1 aromatic heterocycles. The van der Waals surface area contributed by atoms with Gasteiger partial charge in [0.2, 0.25) is 0 Å². The Morgan fingerprint density at radius 1 is 1.14 bits per heavy atom. The molecule has 1 atom stereocenters. The fourth-order valence-electron chi connectivity index (χ4n) is 3.10. The van der Waals surface area contributed by atoms with E-state index in [0.717, 1.165) is 6.54 Å². The Bertz CT molecular complexity index is 541. The van der Waals surface area contributed by atoms with Gasteiger partial charge in [0.15, 0.2) is 0 Å². The summed E-state index contributed by atoms with van der Waals surface area (Å²) in [5, 5.41) is 8.24. The Morgan fingerprint density at radius 3 is 2.67 bits per heavy atom. The van der Waals surface area contributed by atoms with E-state index >= 15 is 0 Å². The lowest BCUT2D eigenvalue weighted by molar-refractivity contribution is 0.344. The molecule has 1 aromatic carbocycles. The minimum atomic E-state index is 0.393. The van der Waals surface area contributed by atoms with E-state index in [1.54, 1.807) is 0 Å². The molecular formula is C18H25N3. The molecule has 0 bridgehead atoms. The summed E-state index contributed by atoms with van der Waals surface area (Å²) in [5.41, 5.74) is 2.43. The van der Waals surface area contributed by atoms with E-state index in [2.05, 4.69) is 52.5 Å². The molecule has 0 amide bonds. The summed E-state index contributed by atoms with van der Waals surface area (Å²) in [4.78, 5) is 0. The number of benzene rings is 1. The Morgan fingerprint density at radius 2 is 1.90 bits per heavy atom. The van der Waals surface area contributed by atoms with Gasteiger partial charge in [-0.25, -0.2) is 0 Å². The average Bonchev–Trinajstić information content (AvgIpc) is 3.04. The first-order chi connectivity index (χ1) is 10.3. The highest BCUT2D eigenvalue weighted by atomic mass is 15.3. The van der Waals surface area contributed by atoms with E-state index in [1.165, 1.54) is 43.2 Å². The molecule has 2 aromatic rings. The van der Waals surface area contributed by atoms with Crippen LogP contribution < -0.4 is 5.32 Å². The van der Waals surface area contributed by atoms with E-state index in [1.807, 2.05) is 12.3 Å². The molecule has 1 N–H and O–H groups in total. The molecule has 1 aliphatic rings. The molecule has 1 saturated carbocycles. The number of aromatic nitrogens is 2. The van der Waals surface area contributed by atoms with E-state index in [9.17, 15) is 0 Å². The number of nitrogens with one attached hydrogen (secondary N) is 1. The van der Waals surface area contributed by atoms with Gasteiger partial charge in [0.05, 0.1) is 12.2 Å². The van der Waals surface area contributed by atoms with Crippen LogP contribution in [0.25, 0.3) is 11.1 Å². The molecule has 112 valence electrons. The minimum Gasteiger partial charge on any atom is -0.312 e.